The summed E-state index contributed by atoms with van der Waals surface area (Å²) in [5, 5.41) is -0.316. The van der Waals surface area contributed by atoms with Crippen LogP contribution in [0.3, 0.4) is 0 Å². The highest BCUT2D eigenvalue weighted by molar-refractivity contribution is 7.92. The van der Waals surface area contributed by atoms with Crippen molar-refractivity contribution in [2.45, 2.75) is 55.6 Å². The van der Waals surface area contributed by atoms with Crippen LogP contribution in [0, 0.1) is 30.1 Å². The molecule has 4 bridgehead atoms. The molecule has 0 spiro atoms. The summed E-state index contributed by atoms with van der Waals surface area (Å²) in [5.74, 6) is 2.34. The summed E-state index contributed by atoms with van der Waals surface area (Å²) < 4.78 is 13.1. The third-order valence-electron chi connectivity index (χ3n) is 6.30. The zero-order valence-electron chi connectivity index (χ0n) is 13.2. The molecule has 2 unspecified atom stereocenters. The van der Waals surface area contributed by atoms with Crippen LogP contribution in [0.5, 0.6) is 0 Å². The maximum absolute atomic E-state index is 13.1. The second-order valence-corrected chi connectivity index (χ2v) is 9.52. The predicted molar refractivity (Wildman–Crippen MR) is 88.0 cm³/mol. The first kappa shape index (κ1) is 14.8. The van der Waals surface area contributed by atoms with E-state index >= 15 is 0 Å². The van der Waals surface area contributed by atoms with Gasteiger partial charge in [0.25, 0.3) is 0 Å². The molecule has 1 aromatic carbocycles. The average molecular weight is 316 g/mol. The van der Waals surface area contributed by atoms with Gasteiger partial charge in [0.2, 0.25) is 0 Å². The van der Waals surface area contributed by atoms with Gasteiger partial charge in [0, 0.05) is 5.41 Å². The van der Waals surface area contributed by atoms with Crippen LogP contribution in [-0.4, -0.2) is 16.1 Å². The Labute approximate surface area is 135 Å². The van der Waals surface area contributed by atoms with E-state index < -0.39 is 11.2 Å². The first-order valence-corrected chi connectivity index (χ1v) is 9.73. The van der Waals surface area contributed by atoms with Gasteiger partial charge >= 0.3 is 0 Å². The molecule has 4 aliphatic carbocycles. The zero-order valence-corrected chi connectivity index (χ0v) is 14.0. The van der Waals surface area contributed by atoms with Crippen LogP contribution in [0.2, 0.25) is 0 Å². The van der Waals surface area contributed by atoms with Gasteiger partial charge in [-0.25, -0.2) is 0 Å². The highest BCUT2D eigenvalue weighted by atomic mass is 32.2. The molecule has 3 heteroatoms. The Morgan fingerprint density at radius 2 is 1.59 bits per heavy atom. The van der Waals surface area contributed by atoms with Crippen LogP contribution >= 0.6 is 0 Å². The fraction of sp³-hybridized carbons (Fsp3) is 0.632. The fourth-order valence-electron chi connectivity index (χ4n) is 5.77. The number of rotatable bonds is 4. The van der Waals surface area contributed by atoms with E-state index in [4.69, 9.17) is 0 Å². The summed E-state index contributed by atoms with van der Waals surface area (Å²) in [6.07, 6.45) is 8.44. The van der Waals surface area contributed by atoms with Gasteiger partial charge in [0.1, 0.15) is 0 Å². The quantitative estimate of drug-likeness (QED) is 0.624. The molecule has 1 aromatic rings. The molecule has 0 heterocycles. The lowest BCUT2D eigenvalue weighted by molar-refractivity contribution is -0.115. The van der Waals surface area contributed by atoms with E-state index in [9.17, 15) is 9.35 Å². The SMILES string of the molecule is Cc1ccc([S+]([O-])C(C=O)C23CC4CC(CC(C4)C2)C3)cc1. The minimum atomic E-state index is -1.21. The van der Waals surface area contributed by atoms with Gasteiger partial charge in [-0.05, 0) is 86.5 Å². The topological polar surface area (TPSA) is 40.1 Å². The second-order valence-electron chi connectivity index (χ2n) is 7.95. The van der Waals surface area contributed by atoms with Crippen LogP contribution in [0.1, 0.15) is 44.1 Å². The van der Waals surface area contributed by atoms with Gasteiger partial charge in [0.05, 0.1) is 0 Å². The lowest BCUT2D eigenvalue weighted by atomic mass is 9.49. The first-order chi connectivity index (χ1) is 10.6. The number of hydrogen-bond acceptors (Lipinski definition) is 2. The van der Waals surface area contributed by atoms with Crippen molar-refractivity contribution < 1.29 is 9.35 Å². The fourth-order valence-corrected chi connectivity index (χ4v) is 7.31. The minimum Gasteiger partial charge on any atom is -0.611 e. The second kappa shape index (κ2) is 5.38. The van der Waals surface area contributed by atoms with E-state index in [1.165, 1.54) is 24.8 Å². The maximum Gasteiger partial charge on any atom is 0.181 e. The van der Waals surface area contributed by atoms with Crippen molar-refractivity contribution in [3.8, 4) is 0 Å². The molecule has 2 atom stereocenters. The van der Waals surface area contributed by atoms with Crippen molar-refractivity contribution in [2.24, 2.45) is 23.2 Å². The molecule has 0 saturated heterocycles. The molecule has 118 valence electrons. The lowest BCUT2D eigenvalue weighted by Crippen LogP contribution is -2.54. The van der Waals surface area contributed by atoms with Gasteiger partial charge in [-0.15, -0.1) is 0 Å². The van der Waals surface area contributed by atoms with E-state index in [1.807, 2.05) is 31.2 Å². The molecular weight excluding hydrogens is 292 g/mol. The molecule has 0 radical (unpaired) electrons. The standard InChI is InChI=1S/C19H24O2S/c1-13-2-4-17(5-3-13)22(21)18(12-20)19-9-14-6-15(10-19)8-16(7-14)11-19/h2-5,12,14-16,18H,6-11H2,1H3. The zero-order chi connectivity index (χ0) is 15.3. The Hall–Kier alpha value is -0.800. The molecule has 4 aliphatic rings. The van der Waals surface area contributed by atoms with Crippen molar-refractivity contribution in [1.82, 2.24) is 0 Å². The molecular formula is C19H24O2S. The number of carbonyl (C=O) groups excluding carboxylic acids is 1. The molecule has 4 saturated carbocycles. The van der Waals surface area contributed by atoms with Crippen molar-refractivity contribution >= 4 is 17.5 Å². The van der Waals surface area contributed by atoms with Crippen molar-refractivity contribution in [1.29, 1.82) is 0 Å². The molecule has 5 rings (SSSR count). The number of hydrogen-bond donors (Lipinski definition) is 0. The Morgan fingerprint density at radius 3 is 2.05 bits per heavy atom. The normalized spacial score (nSPS) is 38.7. The van der Waals surface area contributed by atoms with Crippen LogP contribution in [0.15, 0.2) is 29.2 Å². The summed E-state index contributed by atoms with van der Waals surface area (Å²) in [6, 6.07) is 7.86. The van der Waals surface area contributed by atoms with Gasteiger partial charge in [-0.2, -0.15) is 0 Å². The number of aldehydes is 1. The number of carbonyl (C=O) groups is 1. The van der Waals surface area contributed by atoms with Crippen molar-refractivity contribution in [2.75, 3.05) is 0 Å². The average Bonchev–Trinajstić information content (AvgIpc) is 2.46. The molecule has 0 amide bonds. The van der Waals surface area contributed by atoms with Gasteiger partial charge in [-0.3, -0.25) is 4.79 Å². The largest absolute Gasteiger partial charge is 0.611 e. The molecule has 4 fully saturated rings. The molecule has 2 nitrogen and oxygen atoms in total. The Morgan fingerprint density at radius 1 is 1.09 bits per heavy atom. The Kier molecular flexibility index (Phi) is 3.61. The lowest BCUT2D eigenvalue weighted by Gasteiger charge is -2.57. The third kappa shape index (κ3) is 2.33. The van der Waals surface area contributed by atoms with E-state index in [1.54, 1.807) is 0 Å². The summed E-state index contributed by atoms with van der Waals surface area (Å²) >= 11 is -1.21. The maximum atomic E-state index is 13.1. The predicted octanol–water partition coefficient (Wildman–Crippen LogP) is 3.89. The van der Waals surface area contributed by atoms with E-state index in [2.05, 4.69) is 0 Å². The summed E-state index contributed by atoms with van der Waals surface area (Å²) in [5.41, 5.74) is 1.19. The van der Waals surface area contributed by atoms with E-state index in [-0.39, 0.29) is 10.7 Å². The third-order valence-corrected chi connectivity index (χ3v) is 8.11. The van der Waals surface area contributed by atoms with Crippen LogP contribution in [-0.2, 0) is 16.0 Å². The van der Waals surface area contributed by atoms with Crippen LogP contribution in [0.25, 0.3) is 0 Å². The van der Waals surface area contributed by atoms with Crippen molar-refractivity contribution in [3.63, 3.8) is 0 Å². The van der Waals surface area contributed by atoms with Crippen LogP contribution < -0.4 is 0 Å². The van der Waals surface area contributed by atoms with E-state index in [0.29, 0.717) is 0 Å². The first-order valence-electron chi connectivity index (χ1n) is 8.52. The van der Waals surface area contributed by atoms with E-state index in [0.717, 1.165) is 48.2 Å². The number of aryl methyl sites for hydroxylation is 1. The molecule has 22 heavy (non-hydrogen) atoms. The van der Waals surface area contributed by atoms with Gasteiger partial charge < -0.3 is 4.55 Å². The molecule has 0 aliphatic heterocycles. The van der Waals surface area contributed by atoms with Gasteiger partial charge in [-0.1, -0.05) is 17.7 Å². The summed E-state index contributed by atoms with van der Waals surface area (Å²) in [6.45, 7) is 2.03. The monoisotopic (exact) mass is 316 g/mol. The number of benzene rings is 1. The minimum absolute atomic E-state index is 0.0201. The highest BCUT2D eigenvalue weighted by Crippen LogP contribution is 2.62. The Balaban J connectivity index is 1.64. The molecule has 0 aromatic heterocycles. The summed E-state index contributed by atoms with van der Waals surface area (Å²) in [7, 11) is 0. The Bertz CT molecular complexity index is 530. The highest BCUT2D eigenvalue weighted by Gasteiger charge is 2.58. The van der Waals surface area contributed by atoms with Crippen molar-refractivity contribution in [3.05, 3.63) is 29.8 Å². The molecule has 0 N–H and O–H groups in total. The van der Waals surface area contributed by atoms with Gasteiger partial charge in [0.15, 0.2) is 16.4 Å². The van der Waals surface area contributed by atoms with Crippen LogP contribution in [0.4, 0.5) is 0 Å². The smallest absolute Gasteiger partial charge is 0.181 e. The summed E-state index contributed by atoms with van der Waals surface area (Å²) in [4.78, 5) is 12.7.